The van der Waals surface area contributed by atoms with Crippen LogP contribution in [-0.2, 0) is 13.0 Å². The quantitative estimate of drug-likeness (QED) is 0.743. The summed E-state index contributed by atoms with van der Waals surface area (Å²) in [6, 6.07) is 3.92. The zero-order valence-electron chi connectivity index (χ0n) is 10.7. The summed E-state index contributed by atoms with van der Waals surface area (Å²) in [5.41, 5.74) is 5.20. The second kappa shape index (κ2) is 4.64. The van der Waals surface area contributed by atoms with Crippen molar-refractivity contribution >= 4 is 21.6 Å². The SMILES string of the molecule is Brc1c(-c2cccnc2)nn2c3c(cnc12)CNCC3. The van der Waals surface area contributed by atoms with Crippen molar-refractivity contribution in [2.75, 3.05) is 6.54 Å². The molecule has 3 aromatic heterocycles. The van der Waals surface area contributed by atoms with Gasteiger partial charge < -0.3 is 5.32 Å². The fourth-order valence-electron chi connectivity index (χ4n) is 2.57. The van der Waals surface area contributed by atoms with Crippen LogP contribution >= 0.6 is 15.9 Å². The van der Waals surface area contributed by atoms with Crippen LogP contribution in [0.3, 0.4) is 0 Å². The van der Waals surface area contributed by atoms with Gasteiger partial charge in [-0.15, -0.1) is 0 Å². The largest absolute Gasteiger partial charge is 0.312 e. The van der Waals surface area contributed by atoms with Gasteiger partial charge in [-0.1, -0.05) is 0 Å². The maximum Gasteiger partial charge on any atom is 0.170 e. The lowest BCUT2D eigenvalue weighted by molar-refractivity contribution is 0.610. The number of rotatable bonds is 1. The number of hydrogen-bond donors (Lipinski definition) is 1. The van der Waals surface area contributed by atoms with Crippen molar-refractivity contribution in [1.29, 1.82) is 0 Å². The third-order valence-corrected chi connectivity index (χ3v) is 4.29. The van der Waals surface area contributed by atoms with Crippen molar-refractivity contribution in [2.45, 2.75) is 13.0 Å². The third-order valence-electron chi connectivity index (χ3n) is 3.56. The van der Waals surface area contributed by atoms with E-state index in [0.29, 0.717) is 0 Å². The maximum absolute atomic E-state index is 4.74. The van der Waals surface area contributed by atoms with Crippen LogP contribution in [0.15, 0.2) is 35.2 Å². The molecule has 1 aliphatic heterocycles. The number of nitrogens with zero attached hydrogens (tertiary/aromatic N) is 4. The summed E-state index contributed by atoms with van der Waals surface area (Å²) in [4.78, 5) is 8.69. The Bertz CT molecular complexity index is 781. The molecular weight excluding hydrogens is 318 g/mol. The van der Waals surface area contributed by atoms with Crippen LogP contribution in [0, 0.1) is 0 Å². The van der Waals surface area contributed by atoms with Gasteiger partial charge in [0.25, 0.3) is 0 Å². The Hall–Kier alpha value is -1.79. The van der Waals surface area contributed by atoms with Gasteiger partial charge in [-0.2, -0.15) is 5.10 Å². The molecule has 0 unspecified atom stereocenters. The minimum atomic E-state index is 0.859. The summed E-state index contributed by atoms with van der Waals surface area (Å²) in [6.45, 7) is 1.84. The van der Waals surface area contributed by atoms with Crippen LogP contribution in [0.2, 0.25) is 0 Å². The van der Waals surface area contributed by atoms with Gasteiger partial charge >= 0.3 is 0 Å². The van der Waals surface area contributed by atoms with E-state index in [-0.39, 0.29) is 0 Å². The molecule has 0 radical (unpaired) electrons. The highest BCUT2D eigenvalue weighted by Gasteiger charge is 2.19. The van der Waals surface area contributed by atoms with E-state index in [1.165, 1.54) is 11.3 Å². The summed E-state index contributed by atoms with van der Waals surface area (Å²) in [5.74, 6) is 0. The smallest absolute Gasteiger partial charge is 0.170 e. The van der Waals surface area contributed by atoms with Crippen molar-refractivity contribution in [3.63, 3.8) is 0 Å². The van der Waals surface area contributed by atoms with Crippen LogP contribution in [0.25, 0.3) is 16.9 Å². The first-order valence-electron chi connectivity index (χ1n) is 6.50. The van der Waals surface area contributed by atoms with E-state index in [2.05, 4.69) is 31.2 Å². The molecule has 1 N–H and O–H groups in total. The Kier molecular flexibility index (Phi) is 2.78. The first kappa shape index (κ1) is 12.0. The minimum absolute atomic E-state index is 0.859. The van der Waals surface area contributed by atoms with Gasteiger partial charge in [-0.3, -0.25) is 4.98 Å². The van der Waals surface area contributed by atoms with Gasteiger partial charge in [0, 0.05) is 49.2 Å². The summed E-state index contributed by atoms with van der Waals surface area (Å²) in [6.07, 6.45) is 6.49. The van der Waals surface area contributed by atoms with Gasteiger partial charge in [-0.05, 0) is 28.1 Å². The second-order valence-electron chi connectivity index (χ2n) is 4.80. The Morgan fingerprint density at radius 2 is 2.25 bits per heavy atom. The van der Waals surface area contributed by atoms with E-state index in [4.69, 9.17) is 5.10 Å². The highest BCUT2D eigenvalue weighted by Crippen LogP contribution is 2.31. The number of fused-ring (bicyclic) bond motifs is 3. The van der Waals surface area contributed by atoms with E-state index in [1.807, 2.05) is 29.0 Å². The van der Waals surface area contributed by atoms with Gasteiger partial charge in [0.05, 0.1) is 10.2 Å². The molecule has 0 amide bonds. The highest BCUT2D eigenvalue weighted by atomic mass is 79.9. The molecule has 4 heterocycles. The molecule has 0 atom stereocenters. The molecule has 4 rings (SSSR count). The van der Waals surface area contributed by atoms with Crippen molar-refractivity contribution in [3.8, 4) is 11.3 Å². The normalized spacial score (nSPS) is 14.4. The Morgan fingerprint density at radius 3 is 3.10 bits per heavy atom. The fourth-order valence-corrected chi connectivity index (χ4v) is 3.15. The van der Waals surface area contributed by atoms with Crippen LogP contribution in [0.5, 0.6) is 0 Å². The summed E-state index contributed by atoms with van der Waals surface area (Å²) in [7, 11) is 0. The number of nitrogens with one attached hydrogen (secondary N) is 1. The van der Waals surface area contributed by atoms with Gasteiger partial charge in [0.1, 0.15) is 5.69 Å². The molecule has 0 aliphatic carbocycles. The number of hydrogen-bond acceptors (Lipinski definition) is 4. The van der Waals surface area contributed by atoms with Crippen molar-refractivity contribution < 1.29 is 0 Å². The van der Waals surface area contributed by atoms with Crippen molar-refractivity contribution in [3.05, 3.63) is 46.5 Å². The second-order valence-corrected chi connectivity index (χ2v) is 5.59. The number of aromatic nitrogens is 4. The zero-order valence-corrected chi connectivity index (χ0v) is 12.3. The van der Waals surface area contributed by atoms with E-state index < -0.39 is 0 Å². The Balaban J connectivity index is 1.99. The molecule has 0 saturated carbocycles. The molecule has 20 heavy (non-hydrogen) atoms. The van der Waals surface area contributed by atoms with E-state index in [0.717, 1.165) is 40.9 Å². The fraction of sp³-hybridized carbons (Fsp3) is 0.214. The number of pyridine rings is 1. The monoisotopic (exact) mass is 329 g/mol. The maximum atomic E-state index is 4.74. The molecular formula is C14H12BrN5. The Labute approximate surface area is 124 Å². The molecule has 3 aromatic rings. The average molecular weight is 330 g/mol. The predicted octanol–water partition coefficient (Wildman–Crippen LogP) is 2.20. The predicted molar refractivity (Wildman–Crippen MR) is 79.3 cm³/mol. The molecule has 6 heteroatoms. The zero-order chi connectivity index (χ0) is 13.5. The van der Waals surface area contributed by atoms with Gasteiger partial charge in [-0.25, -0.2) is 9.50 Å². The average Bonchev–Trinajstić information content (AvgIpc) is 2.86. The minimum Gasteiger partial charge on any atom is -0.312 e. The summed E-state index contributed by atoms with van der Waals surface area (Å²) >= 11 is 3.63. The molecule has 100 valence electrons. The van der Waals surface area contributed by atoms with Crippen LogP contribution in [-0.4, -0.2) is 26.1 Å². The Morgan fingerprint density at radius 1 is 1.30 bits per heavy atom. The highest BCUT2D eigenvalue weighted by molar-refractivity contribution is 9.10. The molecule has 1 aliphatic rings. The molecule has 0 fully saturated rings. The summed E-state index contributed by atoms with van der Waals surface area (Å²) in [5, 5.41) is 8.09. The van der Waals surface area contributed by atoms with E-state index in [1.54, 1.807) is 6.20 Å². The van der Waals surface area contributed by atoms with Gasteiger partial charge in [0.15, 0.2) is 5.65 Å². The van der Waals surface area contributed by atoms with Gasteiger partial charge in [0.2, 0.25) is 0 Å². The lowest BCUT2D eigenvalue weighted by Gasteiger charge is -2.16. The molecule has 0 aromatic carbocycles. The van der Waals surface area contributed by atoms with Crippen molar-refractivity contribution in [1.82, 2.24) is 24.9 Å². The van der Waals surface area contributed by atoms with E-state index in [9.17, 15) is 0 Å². The lowest BCUT2D eigenvalue weighted by Crippen LogP contribution is -2.26. The molecule has 5 nitrogen and oxygen atoms in total. The van der Waals surface area contributed by atoms with E-state index >= 15 is 0 Å². The van der Waals surface area contributed by atoms with Crippen molar-refractivity contribution in [2.24, 2.45) is 0 Å². The van der Waals surface area contributed by atoms with Crippen LogP contribution in [0.4, 0.5) is 0 Å². The topological polar surface area (TPSA) is 55.1 Å². The summed E-state index contributed by atoms with van der Waals surface area (Å²) < 4.78 is 2.88. The molecule has 0 saturated heterocycles. The molecule has 0 spiro atoms. The standard InChI is InChI=1S/C14H12BrN5/c15-12-13(9-2-1-4-16-6-9)19-20-11-3-5-17-7-10(11)8-18-14(12)20/h1-2,4,6,8,17H,3,5,7H2. The van der Waals surface area contributed by atoms with Crippen LogP contribution in [0.1, 0.15) is 11.3 Å². The number of halogens is 1. The first-order chi connectivity index (χ1) is 9.84. The first-order valence-corrected chi connectivity index (χ1v) is 7.30. The third kappa shape index (κ3) is 1.76. The lowest BCUT2D eigenvalue weighted by atomic mass is 10.1. The molecule has 0 bridgehead atoms. The van der Waals surface area contributed by atoms with Crippen LogP contribution < -0.4 is 5.32 Å².